The van der Waals surface area contributed by atoms with Gasteiger partial charge in [-0.1, -0.05) is 20.8 Å². The van der Waals surface area contributed by atoms with E-state index < -0.39 is 0 Å². The van der Waals surface area contributed by atoms with E-state index in [9.17, 15) is 9.59 Å². The number of carbonyl (C=O) groups is 2. The van der Waals surface area contributed by atoms with Gasteiger partial charge in [0.2, 0.25) is 0 Å². The van der Waals surface area contributed by atoms with E-state index >= 15 is 0 Å². The fraction of sp³-hybridized carbons (Fsp3) is 0.357. The first-order chi connectivity index (χ1) is 10.2. The van der Waals surface area contributed by atoms with Crippen molar-refractivity contribution in [2.24, 2.45) is 0 Å². The number of thiophene rings is 1. The van der Waals surface area contributed by atoms with Gasteiger partial charge in [0.1, 0.15) is 4.88 Å². The van der Waals surface area contributed by atoms with E-state index in [1.54, 1.807) is 19.1 Å². The molecule has 2 heterocycles. The van der Waals surface area contributed by atoms with E-state index in [-0.39, 0.29) is 17.2 Å². The average Bonchev–Trinajstić information content (AvgIpc) is 3.01. The smallest absolute Gasteiger partial charge is 0.266 e. The Balaban J connectivity index is 2.04. The van der Waals surface area contributed by atoms with Crippen LogP contribution in [0, 0.1) is 6.92 Å². The van der Waals surface area contributed by atoms with Crippen molar-refractivity contribution in [2.75, 3.05) is 0 Å². The maximum absolute atomic E-state index is 12.2. The third kappa shape index (κ3) is 3.93. The van der Waals surface area contributed by atoms with Gasteiger partial charge in [-0.05, 0) is 35.0 Å². The number of thiazole rings is 1. The first-order valence-corrected chi connectivity index (χ1v) is 8.95. The molecular formula is C14H16BrN3O2S2. The predicted octanol–water partition coefficient (Wildman–Crippen LogP) is 3.65. The standard InChI is InChI=1S/C14H16BrN3O2S2/c1-7-10(22-13(16-7)14(2,3)4)12(20)18-17-11(19)8-5-6-9(15)21-8/h5-6H,1-4H3,(H,17,19)(H,18,20). The number of hydrazine groups is 1. The van der Waals surface area contributed by atoms with Gasteiger partial charge in [0.15, 0.2) is 0 Å². The number of aryl methyl sites for hydroxylation is 1. The van der Waals surface area contributed by atoms with Crippen LogP contribution < -0.4 is 10.9 Å². The lowest BCUT2D eigenvalue weighted by Gasteiger charge is -2.13. The van der Waals surface area contributed by atoms with Crippen LogP contribution in [0.4, 0.5) is 0 Å². The monoisotopic (exact) mass is 401 g/mol. The van der Waals surface area contributed by atoms with Crippen molar-refractivity contribution < 1.29 is 9.59 Å². The molecule has 118 valence electrons. The molecule has 0 radical (unpaired) electrons. The number of halogens is 1. The third-order valence-corrected chi connectivity index (χ3v) is 5.94. The molecule has 2 rings (SSSR count). The highest BCUT2D eigenvalue weighted by molar-refractivity contribution is 9.11. The van der Waals surface area contributed by atoms with Gasteiger partial charge in [-0.2, -0.15) is 0 Å². The van der Waals surface area contributed by atoms with Crippen molar-refractivity contribution in [1.82, 2.24) is 15.8 Å². The first-order valence-electron chi connectivity index (χ1n) is 6.52. The highest BCUT2D eigenvalue weighted by atomic mass is 79.9. The van der Waals surface area contributed by atoms with Gasteiger partial charge in [0.05, 0.1) is 19.4 Å². The average molecular weight is 402 g/mol. The second-order valence-corrected chi connectivity index (χ2v) is 9.16. The van der Waals surface area contributed by atoms with Gasteiger partial charge in [-0.15, -0.1) is 22.7 Å². The Hall–Kier alpha value is -1.25. The lowest BCUT2D eigenvalue weighted by Crippen LogP contribution is -2.41. The Labute approximate surface area is 145 Å². The Kier molecular flexibility index (Phi) is 5.03. The van der Waals surface area contributed by atoms with Gasteiger partial charge in [-0.25, -0.2) is 4.98 Å². The minimum absolute atomic E-state index is 0.111. The second kappa shape index (κ2) is 6.47. The topological polar surface area (TPSA) is 71.1 Å². The van der Waals surface area contributed by atoms with Crippen LogP contribution in [-0.4, -0.2) is 16.8 Å². The van der Waals surface area contributed by atoms with E-state index in [0.717, 1.165) is 8.79 Å². The van der Waals surface area contributed by atoms with Gasteiger partial charge in [0.25, 0.3) is 11.8 Å². The minimum Gasteiger partial charge on any atom is -0.266 e. The highest BCUT2D eigenvalue weighted by Gasteiger charge is 2.23. The van der Waals surface area contributed by atoms with E-state index in [1.165, 1.54) is 22.7 Å². The fourth-order valence-corrected chi connectivity index (χ4v) is 3.90. The van der Waals surface area contributed by atoms with Crippen LogP contribution >= 0.6 is 38.6 Å². The Bertz CT molecular complexity index is 716. The number of aromatic nitrogens is 1. The van der Waals surface area contributed by atoms with E-state index in [0.29, 0.717) is 15.4 Å². The first kappa shape index (κ1) is 17.1. The Morgan fingerprint density at radius 3 is 2.27 bits per heavy atom. The minimum atomic E-state index is -0.352. The van der Waals surface area contributed by atoms with Gasteiger partial charge >= 0.3 is 0 Å². The molecule has 0 fully saturated rings. The van der Waals surface area contributed by atoms with Crippen molar-refractivity contribution in [3.63, 3.8) is 0 Å². The number of hydrogen-bond donors (Lipinski definition) is 2. The van der Waals surface area contributed by atoms with Crippen LogP contribution in [0.2, 0.25) is 0 Å². The summed E-state index contributed by atoms with van der Waals surface area (Å²) < 4.78 is 0.858. The molecule has 0 spiro atoms. The van der Waals surface area contributed by atoms with Crippen molar-refractivity contribution in [1.29, 1.82) is 0 Å². The maximum Gasteiger partial charge on any atom is 0.281 e. The lowest BCUT2D eigenvalue weighted by atomic mass is 9.98. The number of nitrogens with zero attached hydrogens (tertiary/aromatic N) is 1. The zero-order valence-corrected chi connectivity index (χ0v) is 15.8. The molecule has 2 N–H and O–H groups in total. The predicted molar refractivity (Wildman–Crippen MR) is 92.5 cm³/mol. The molecule has 0 saturated heterocycles. The summed E-state index contributed by atoms with van der Waals surface area (Å²) in [5.41, 5.74) is 5.41. The lowest BCUT2D eigenvalue weighted by molar-refractivity contribution is 0.0850. The molecule has 0 bridgehead atoms. The summed E-state index contributed by atoms with van der Waals surface area (Å²) in [6.07, 6.45) is 0. The van der Waals surface area contributed by atoms with E-state index in [4.69, 9.17) is 0 Å². The Morgan fingerprint density at radius 1 is 1.14 bits per heavy atom. The summed E-state index contributed by atoms with van der Waals surface area (Å²) in [4.78, 5) is 29.5. The van der Waals surface area contributed by atoms with Crippen molar-refractivity contribution in [3.8, 4) is 0 Å². The molecule has 0 unspecified atom stereocenters. The summed E-state index contributed by atoms with van der Waals surface area (Å²) >= 11 is 5.94. The fourth-order valence-electron chi connectivity index (χ4n) is 1.60. The molecule has 22 heavy (non-hydrogen) atoms. The van der Waals surface area contributed by atoms with Crippen LogP contribution in [0.5, 0.6) is 0 Å². The second-order valence-electron chi connectivity index (χ2n) is 5.70. The van der Waals surface area contributed by atoms with Crippen LogP contribution in [0.3, 0.4) is 0 Å². The number of hydrogen-bond acceptors (Lipinski definition) is 5. The van der Waals surface area contributed by atoms with Crippen LogP contribution in [0.25, 0.3) is 0 Å². The third-order valence-electron chi connectivity index (χ3n) is 2.73. The molecule has 0 aliphatic rings. The van der Waals surface area contributed by atoms with Gasteiger partial charge in [0, 0.05) is 5.41 Å². The van der Waals surface area contributed by atoms with Crippen LogP contribution in [0.15, 0.2) is 15.9 Å². The molecule has 2 aromatic rings. The summed E-state index contributed by atoms with van der Waals surface area (Å²) in [5.74, 6) is -0.697. The van der Waals surface area contributed by atoms with Crippen molar-refractivity contribution >= 4 is 50.4 Å². The summed E-state index contributed by atoms with van der Waals surface area (Å²) in [6, 6.07) is 3.47. The molecule has 0 atom stereocenters. The highest BCUT2D eigenvalue weighted by Crippen LogP contribution is 2.29. The largest absolute Gasteiger partial charge is 0.281 e. The summed E-state index contributed by atoms with van der Waals surface area (Å²) in [5, 5.41) is 0.892. The van der Waals surface area contributed by atoms with Gasteiger partial charge in [-0.3, -0.25) is 20.4 Å². The molecule has 5 nitrogen and oxygen atoms in total. The number of rotatable bonds is 2. The van der Waals surface area contributed by atoms with Crippen LogP contribution in [0.1, 0.15) is 50.8 Å². The maximum atomic E-state index is 12.2. The van der Waals surface area contributed by atoms with E-state index in [2.05, 4.69) is 31.8 Å². The molecule has 2 aromatic heterocycles. The molecular weight excluding hydrogens is 386 g/mol. The summed E-state index contributed by atoms with van der Waals surface area (Å²) in [6.45, 7) is 7.93. The quantitative estimate of drug-likeness (QED) is 0.754. The summed E-state index contributed by atoms with van der Waals surface area (Å²) in [7, 11) is 0. The van der Waals surface area contributed by atoms with E-state index in [1.807, 2.05) is 20.8 Å². The molecule has 2 amide bonds. The SMILES string of the molecule is Cc1nc(C(C)(C)C)sc1C(=O)NNC(=O)c1ccc(Br)s1. The molecule has 0 aliphatic carbocycles. The van der Waals surface area contributed by atoms with Crippen LogP contribution in [-0.2, 0) is 5.41 Å². The zero-order chi connectivity index (χ0) is 16.5. The Morgan fingerprint density at radius 2 is 1.77 bits per heavy atom. The molecule has 0 aliphatic heterocycles. The number of nitrogens with one attached hydrogen (secondary N) is 2. The van der Waals surface area contributed by atoms with Crippen molar-refractivity contribution in [2.45, 2.75) is 33.1 Å². The molecule has 8 heteroatoms. The molecule has 0 saturated carbocycles. The number of carbonyl (C=O) groups excluding carboxylic acids is 2. The molecule has 0 aromatic carbocycles. The number of amides is 2. The van der Waals surface area contributed by atoms with Gasteiger partial charge < -0.3 is 0 Å². The normalized spacial score (nSPS) is 11.3. The zero-order valence-electron chi connectivity index (χ0n) is 12.6. The van der Waals surface area contributed by atoms with Crippen molar-refractivity contribution in [3.05, 3.63) is 36.4 Å².